The minimum absolute atomic E-state index is 0.151. The second kappa shape index (κ2) is 8.57. The molecule has 150 valence electrons. The van der Waals surface area contributed by atoms with Gasteiger partial charge in [0.25, 0.3) is 0 Å². The Hall–Kier alpha value is -2.34. The summed E-state index contributed by atoms with van der Waals surface area (Å²) >= 11 is 12.1. The van der Waals surface area contributed by atoms with Gasteiger partial charge in [-0.25, -0.2) is 9.99 Å². The van der Waals surface area contributed by atoms with E-state index in [4.69, 9.17) is 23.2 Å². The number of rotatable bonds is 4. The number of piperidine rings is 1. The lowest BCUT2D eigenvalue weighted by molar-refractivity contribution is -0.00584. The molecular weight excluding hydrogens is 407 g/mol. The highest BCUT2D eigenvalue weighted by atomic mass is 35.5. The maximum absolute atomic E-state index is 13.1. The molecule has 1 aromatic heterocycles. The molecule has 0 atom stereocenters. The summed E-state index contributed by atoms with van der Waals surface area (Å²) in [4.78, 5) is 21.0. The summed E-state index contributed by atoms with van der Waals surface area (Å²) in [6.45, 7) is 1.77. The topological polar surface area (TPSA) is 52.2 Å². The van der Waals surface area contributed by atoms with Gasteiger partial charge < -0.3 is 4.98 Å². The van der Waals surface area contributed by atoms with Gasteiger partial charge in [-0.3, -0.25) is 9.80 Å². The number of aromatic nitrogens is 2. The molecule has 1 aliphatic rings. The number of halogens is 2. The van der Waals surface area contributed by atoms with Crippen LogP contribution >= 0.6 is 23.2 Å². The number of hydrogen-bond donors (Lipinski definition) is 1. The highest BCUT2D eigenvalue weighted by Crippen LogP contribution is 2.32. The van der Waals surface area contributed by atoms with E-state index in [1.807, 2.05) is 48.5 Å². The van der Waals surface area contributed by atoms with Crippen molar-refractivity contribution < 1.29 is 4.79 Å². The normalized spacial score (nSPS) is 14.7. The predicted octanol–water partition coefficient (Wildman–Crippen LogP) is 5.52. The van der Waals surface area contributed by atoms with Crippen LogP contribution in [0, 0.1) is 0 Å². The Balaban J connectivity index is 1.73. The average Bonchev–Trinajstić information content (AvgIpc) is 3.20. The minimum Gasteiger partial charge on any atom is -0.333 e. The van der Waals surface area contributed by atoms with Gasteiger partial charge in [0.05, 0.1) is 11.4 Å². The van der Waals surface area contributed by atoms with Crippen molar-refractivity contribution in [3.8, 4) is 22.5 Å². The molecule has 1 fully saturated rings. The molecule has 1 saturated heterocycles. The van der Waals surface area contributed by atoms with E-state index < -0.39 is 0 Å². The van der Waals surface area contributed by atoms with Gasteiger partial charge in [0.1, 0.15) is 0 Å². The number of hydrogen-bond acceptors (Lipinski definition) is 3. The van der Waals surface area contributed by atoms with Crippen molar-refractivity contribution in [3.63, 3.8) is 0 Å². The average molecular weight is 429 g/mol. The summed E-state index contributed by atoms with van der Waals surface area (Å²) in [5.41, 5.74) is 3.28. The van der Waals surface area contributed by atoms with Crippen LogP contribution in [-0.2, 0) is 0 Å². The number of amides is 1. The van der Waals surface area contributed by atoms with E-state index in [0.717, 1.165) is 42.8 Å². The van der Waals surface area contributed by atoms with Crippen molar-refractivity contribution in [1.82, 2.24) is 20.0 Å². The fraction of sp³-hybridized carbons (Fsp3) is 0.273. The van der Waals surface area contributed by atoms with Gasteiger partial charge >= 0.3 is 5.91 Å². The van der Waals surface area contributed by atoms with Gasteiger partial charge in [-0.2, -0.15) is 0 Å². The Kier molecular flexibility index (Phi) is 5.90. The summed E-state index contributed by atoms with van der Waals surface area (Å²) in [5, 5.41) is 5.06. The largest absolute Gasteiger partial charge is 0.333 e. The number of nitrogens with zero attached hydrogens (tertiary/aromatic N) is 3. The number of benzene rings is 2. The molecule has 29 heavy (non-hydrogen) atoms. The van der Waals surface area contributed by atoms with E-state index in [1.54, 1.807) is 12.1 Å². The van der Waals surface area contributed by atoms with Gasteiger partial charge in [-0.05, 0) is 37.1 Å². The molecule has 2 heterocycles. The van der Waals surface area contributed by atoms with E-state index >= 15 is 0 Å². The van der Waals surface area contributed by atoms with Crippen LogP contribution in [0.4, 0.5) is 0 Å². The molecular formula is C22H22Cl2N4O. The Morgan fingerprint density at radius 1 is 0.931 bits per heavy atom. The van der Waals surface area contributed by atoms with Crippen molar-refractivity contribution in [2.75, 3.05) is 20.1 Å². The first kappa shape index (κ1) is 20.0. The maximum Gasteiger partial charge on any atom is 0.303 e. The summed E-state index contributed by atoms with van der Waals surface area (Å²) < 4.78 is 0. The van der Waals surface area contributed by atoms with Crippen molar-refractivity contribution in [2.45, 2.75) is 19.3 Å². The molecule has 0 bridgehead atoms. The zero-order valence-corrected chi connectivity index (χ0v) is 17.7. The first-order valence-corrected chi connectivity index (χ1v) is 10.4. The number of nitrogens with one attached hydrogen (secondary N) is 1. The van der Waals surface area contributed by atoms with E-state index in [1.165, 1.54) is 6.42 Å². The Bertz CT molecular complexity index is 930. The lowest BCUT2D eigenvalue weighted by atomic mass is 10.1. The van der Waals surface area contributed by atoms with E-state index in [9.17, 15) is 4.79 Å². The highest BCUT2D eigenvalue weighted by Gasteiger charge is 2.25. The van der Waals surface area contributed by atoms with Crippen LogP contribution in [0.3, 0.4) is 0 Å². The van der Waals surface area contributed by atoms with Gasteiger partial charge in [-0.15, -0.1) is 0 Å². The Morgan fingerprint density at radius 2 is 1.48 bits per heavy atom. The molecule has 0 aliphatic carbocycles. The lowest BCUT2D eigenvalue weighted by Crippen LogP contribution is -2.46. The molecule has 4 rings (SSSR count). The summed E-state index contributed by atoms with van der Waals surface area (Å²) in [5.74, 6) is 0.162. The summed E-state index contributed by atoms with van der Waals surface area (Å²) in [7, 11) is 1.81. The van der Waals surface area contributed by atoms with E-state index in [0.29, 0.717) is 21.6 Å². The molecule has 0 unspecified atom stereocenters. The van der Waals surface area contributed by atoms with Crippen LogP contribution in [0.15, 0.2) is 48.5 Å². The smallest absolute Gasteiger partial charge is 0.303 e. The monoisotopic (exact) mass is 428 g/mol. The van der Waals surface area contributed by atoms with Crippen LogP contribution in [0.25, 0.3) is 22.5 Å². The number of imidazole rings is 1. The van der Waals surface area contributed by atoms with Gasteiger partial charge in [0, 0.05) is 41.3 Å². The van der Waals surface area contributed by atoms with Gasteiger partial charge in [0.15, 0.2) is 5.82 Å². The van der Waals surface area contributed by atoms with Crippen LogP contribution in [0.1, 0.15) is 29.9 Å². The quantitative estimate of drug-likeness (QED) is 0.594. The standard InChI is InChI=1S/C22H22Cl2N4O/c1-27(28-13-3-2-4-14-28)22(29)21-25-19(15-5-9-17(23)10-6-15)20(26-21)16-7-11-18(24)12-8-16/h5-12H,2-4,13-14H2,1H3,(H,25,26). The van der Waals surface area contributed by atoms with Crippen molar-refractivity contribution >= 4 is 29.1 Å². The molecule has 0 radical (unpaired) electrons. The third kappa shape index (κ3) is 4.32. The molecule has 7 heteroatoms. The second-order valence-electron chi connectivity index (χ2n) is 7.17. The van der Waals surface area contributed by atoms with Crippen LogP contribution in [0.5, 0.6) is 0 Å². The van der Waals surface area contributed by atoms with Crippen LogP contribution in [0.2, 0.25) is 10.0 Å². The SMILES string of the molecule is CN(C(=O)c1nc(-c2ccc(Cl)cc2)c(-c2ccc(Cl)cc2)[nH]1)N1CCCCC1. The van der Waals surface area contributed by atoms with Gasteiger partial charge in [-0.1, -0.05) is 53.9 Å². The van der Waals surface area contributed by atoms with Crippen molar-refractivity contribution in [1.29, 1.82) is 0 Å². The number of hydrazine groups is 1. The number of H-pyrrole nitrogens is 1. The predicted molar refractivity (Wildman–Crippen MR) is 117 cm³/mol. The Morgan fingerprint density at radius 3 is 2.07 bits per heavy atom. The highest BCUT2D eigenvalue weighted by molar-refractivity contribution is 6.31. The molecule has 0 spiro atoms. The first-order chi connectivity index (χ1) is 14.0. The molecule has 2 aromatic carbocycles. The van der Waals surface area contributed by atoms with E-state index in [2.05, 4.69) is 15.0 Å². The molecule has 3 aromatic rings. The molecule has 1 aliphatic heterocycles. The number of carbonyl (C=O) groups excluding carboxylic acids is 1. The van der Waals surface area contributed by atoms with E-state index in [-0.39, 0.29) is 5.91 Å². The second-order valence-corrected chi connectivity index (χ2v) is 8.04. The Labute approximate surface area is 180 Å². The molecule has 0 saturated carbocycles. The molecule has 1 amide bonds. The molecule has 1 N–H and O–H groups in total. The van der Waals surface area contributed by atoms with Crippen LogP contribution in [-0.4, -0.2) is 46.0 Å². The number of aromatic amines is 1. The first-order valence-electron chi connectivity index (χ1n) is 9.68. The van der Waals surface area contributed by atoms with Gasteiger partial charge in [0.2, 0.25) is 0 Å². The fourth-order valence-corrected chi connectivity index (χ4v) is 3.83. The third-order valence-electron chi connectivity index (χ3n) is 5.21. The maximum atomic E-state index is 13.1. The third-order valence-corrected chi connectivity index (χ3v) is 5.71. The minimum atomic E-state index is -0.151. The van der Waals surface area contributed by atoms with Crippen molar-refractivity contribution in [3.05, 3.63) is 64.4 Å². The fourth-order valence-electron chi connectivity index (χ4n) is 3.58. The zero-order valence-electron chi connectivity index (χ0n) is 16.2. The van der Waals surface area contributed by atoms with Crippen molar-refractivity contribution in [2.24, 2.45) is 0 Å². The summed E-state index contributed by atoms with van der Waals surface area (Å²) in [6.07, 6.45) is 3.41. The lowest BCUT2D eigenvalue weighted by Gasteiger charge is -2.34. The number of carbonyl (C=O) groups is 1. The molecule has 5 nitrogen and oxygen atoms in total. The zero-order chi connectivity index (χ0) is 20.4. The van der Waals surface area contributed by atoms with Crippen LogP contribution < -0.4 is 0 Å². The summed E-state index contributed by atoms with van der Waals surface area (Å²) in [6, 6.07) is 14.9.